The molecule has 0 bridgehead atoms. The van der Waals surface area contributed by atoms with Gasteiger partial charge in [0.05, 0.1) is 23.7 Å². The number of rotatable bonds is 6. The Labute approximate surface area is 152 Å². The lowest BCUT2D eigenvalue weighted by molar-refractivity contribution is 0.336. The number of pyridine rings is 1. The highest BCUT2D eigenvalue weighted by Crippen LogP contribution is 2.23. The van der Waals surface area contributed by atoms with Gasteiger partial charge in [-0.25, -0.2) is 8.42 Å². The first-order valence-corrected chi connectivity index (χ1v) is 9.32. The van der Waals surface area contributed by atoms with Crippen LogP contribution >= 0.6 is 0 Å². The summed E-state index contributed by atoms with van der Waals surface area (Å²) in [6, 6.07) is 13.9. The van der Waals surface area contributed by atoms with E-state index < -0.39 is 10.0 Å². The molecule has 0 atom stereocenters. The van der Waals surface area contributed by atoms with E-state index >= 15 is 0 Å². The van der Waals surface area contributed by atoms with Gasteiger partial charge in [-0.05, 0) is 30.7 Å². The Bertz CT molecular complexity index is 1040. The maximum Gasteiger partial charge on any atom is 0.244 e. The van der Waals surface area contributed by atoms with Crippen LogP contribution in [0, 0.1) is 19.3 Å². The molecule has 2 heterocycles. The number of nitrogens with zero attached hydrogens (tertiary/aromatic N) is 3. The van der Waals surface area contributed by atoms with Gasteiger partial charge in [0.2, 0.25) is 10.0 Å². The third kappa shape index (κ3) is 3.67. The van der Waals surface area contributed by atoms with Gasteiger partial charge < -0.3 is 4.52 Å². The second-order valence-corrected chi connectivity index (χ2v) is 7.54. The maximum atomic E-state index is 13.0. The van der Waals surface area contributed by atoms with E-state index in [-0.39, 0.29) is 18.0 Å². The average Bonchev–Trinajstić information content (AvgIpc) is 3.11. The molecule has 0 N–H and O–H groups in total. The van der Waals surface area contributed by atoms with Crippen LogP contribution < -0.4 is 0 Å². The topological polar surface area (TPSA) is 76.3 Å². The number of terminal acetylenes is 1. The van der Waals surface area contributed by atoms with Gasteiger partial charge in [-0.15, -0.1) is 6.42 Å². The quantitative estimate of drug-likeness (QED) is 0.626. The van der Waals surface area contributed by atoms with E-state index in [0.29, 0.717) is 22.7 Å². The predicted octanol–water partition coefficient (Wildman–Crippen LogP) is 2.87. The van der Waals surface area contributed by atoms with Crippen molar-refractivity contribution in [2.75, 3.05) is 6.54 Å². The third-order valence-electron chi connectivity index (χ3n) is 3.80. The lowest BCUT2D eigenvalue weighted by Gasteiger charge is -2.19. The molecule has 0 aliphatic rings. The van der Waals surface area contributed by atoms with Crippen LogP contribution in [0.1, 0.15) is 11.3 Å². The van der Waals surface area contributed by atoms with Crippen molar-refractivity contribution in [3.8, 4) is 23.7 Å². The molecule has 3 rings (SSSR count). The van der Waals surface area contributed by atoms with Crippen LogP contribution in [0.5, 0.6) is 0 Å². The molecular weight excluding hydrogens is 350 g/mol. The predicted molar refractivity (Wildman–Crippen MR) is 97.3 cm³/mol. The second kappa shape index (κ2) is 7.52. The number of hydrogen-bond acceptors (Lipinski definition) is 5. The minimum Gasteiger partial charge on any atom is -0.359 e. The fourth-order valence-electron chi connectivity index (χ4n) is 2.51. The summed E-state index contributed by atoms with van der Waals surface area (Å²) in [4.78, 5) is 4.42. The van der Waals surface area contributed by atoms with Crippen LogP contribution in [0.15, 0.2) is 64.1 Å². The molecule has 1 aromatic carbocycles. The van der Waals surface area contributed by atoms with E-state index in [4.69, 9.17) is 10.9 Å². The highest BCUT2D eigenvalue weighted by molar-refractivity contribution is 7.89. The molecule has 0 spiro atoms. The number of sulfonamides is 1. The van der Waals surface area contributed by atoms with E-state index in [9.17, 15) is 8.42 Å². The Morgan fingerprint density at radius 3 is 2.62 bits per heavy atom. The second-order valence-electron chi connectivity index (χ2n) is 5.64. The first kappa shape index (κ1) is 17.9. The Morgan fingerprint density at radius 2 is 1.92 bits per heavy atom. The van der Waals surface area contributed by atoms with Gasteiger partial charge in [0.1, 0.15) is 5.69 Å². The fourth-order valence-corrected chi connectivity index (χ4v) is 4.05. The van der Waals surface area contributed by atoms with E-state index in [1.54, 1.807) is 55.6 Å². The molecule has 0 saturated carbocycles. The van der Waals surface area contributed by atoms with Crippen LogP contribution in [-0.2, 0) is 16.6 Å². The molecule has 26 heavy (non-hydrogen) atoms. The molecule has 0 aliphatic carbocycles. The first-order valence-electron chi connectivity index (χ1n) is 7.88. The molecule has 0 unspecified atom stereocenters. The normalized spacial score (nSPS) is 11.4. The Morgan fingerprint density at radius 1 is 1.15 bits per heavy atom. The van der Waals surface area contributed by atoms with Crippen molar-refractivity contribution in [1.29, 1.82) is 0 Å². The molecular formula is C19H17N3O3S. The number of benzene rings is 1. The van der Waals surface area contributed by atoms with Crippen LogP contribution in [0.3, 0.4) is 0 Å². The summed E-state index contributed by atoms with van der Waals surface area (Å²) in [6.07, 6.45) is 7.03. The molecule has 2 aromatic heterocycles. The minimum atomic E-state index is -3.76. The Hall–Kier alpha value is -2.95. The SMILES string of the molecule is C#CCN(Cc1cc(-c2ccccn2)no1)S(=O)(=O)c1ccccc1C. The number of aryl methyl sites for hydroxylation is 1. The van der Waals surface area contributed by atoms with Crippen LogP contribution in [-0.4, -0.2) is 29.4 Å². The molecule has 132 valence electrons. The van der Waals surface area contributed by atoms with Crippen molar-refractivity contribution >= 4 is 10.0 Å². The molecule has 0 saturated heterocycles. The molecule has 6 nitrogen and oxygen atoms in total. The van der Waals surface area contributed by atoms with E-state index in [2.05, 4.69) is 16.1 Å². The Balaban J connectivity index is 1.89. The number of hydrogen-bond donors (Lipinski definition) is 0. The third-order valence-corrected chi connectivity index (χ3v) is 5.75. The lowest BCUT2D eigenvalue weighted by atomic mass is 10.2. The summed E-state index contributed by atoms with van der Waals surface area (Å²) >= 11 is 0. The summed E-state index contributed by atoms with van der Waals surface area (Å²) < 4.78 is 32.4. The van der Waals surface area contributed by atoms with Crippen LogP contribution in [0.25, 0.3) is 11.4 Å². The zero-order chi connectivity index (χ0) is 18.6. The Kier molecular flexibility index (Phi) is 5.16. The van der Waals surface area contributed by atoms with Crippen molar-refractivity contribution in [2.45, 2.75) is 18.4 Å². The highest BCUT2D eigenvalue weighted by Gasteiger charge is 2.26. The monoisotopic (exact) mass is 367 g/mol. The largest absolute Gasteiger partial charge is 0.359 e. The zero-order valence-corrected chi connectivity index (χ0v) is 15.0. The zero-order valence-electron chi connectivity index (χ0n) is 14.2. The van der Waals surface area contributed by atoms with Crippen molar-refractivity contribution in [3.63, 3.8) is 0 Å². The average molecular weight is 367 g/mol. The smallest absolute Gasteiger partial charge is 0.244 e. The summed E-state index contributed by atoms with van der Waals surface area (Å²) in [6.45, 7) is 1.66. The van der Waals surface area contributed by atoms with Crippen molar-refractivity contribution < 1.29 is 12.9 Å². The first-order chi connectivity index (χ1) is 12.5. The standard InChI is InChI=1S/C19H17N3O3S/c1-3-12-22(26(23,24)19-10-5-4-8-15(19)2)14-16-13-18(21-25-16)17-9-6-7-11-20-17/h1,4-11,13H,12,14H2,2H3. The van der Waals surface area contributed by atoms with Crippen molar-refractivity contribution in [1.82, 2.24) is 14.4 Å². The number of aromatic nitrogens is 2. The van der Waals surface area contributed by atoms with Gasteiger partial charge >= 0.3 is 0 Å². The van der Waals surface area contributed by atoms with E-state index in [1.165, 1.54) is 4.31 Å². The summed E-state index contributed by atoms with van der Waals surface area (Å²) in [5, 5.41) is 3.96. The summed E-state index contributed by atoms with van der Waals surface area (Å²) in [5.41, 5.74) is 1.84. The van der Waals surface area contributed by atoms with Gasteiger partial charge in [-0.2, -0.15) is 4.31 Å². The lowest BCUT2D eigenvalue weighted by Crippen LogP contribution is -2.31. The van der Waals surface area contributed by atoms with E-state index in [1.807, 2.05) is 6.07 Å². The molecule has 3 aromatic rings. The van der Waals surface area contributed by atoms with E-state index in [0.717, 1.165) is 0 Å². The van der Waals surface area contributed by atoms with Gasteiger partial charge in [-0.3, -0.25) is 4.98 Å². The van der Waals surface area contributed by atoms with Gasteiger partial charge in [0.25, 0.3) is 0 Å². The minimum absolute atomic E-state index is 0.0132. The molecule has 0 amide bonds. The maximum absolute atomic E-state index is 13.0. The summed E-state index contributed by atoms with van der Waals surface area (Å²) in [5.74, 6) is 2.78. The van der Waals surface area contributed by atoms with Crippen molar-refractivity contribution in [3.05, 3.63) is 66.1 Å². The molecule has 0 fully saturated rings. The van der Waals surface area contributed by atoms with Gasteiger partial charge in [0, 0.05) is 12.3 Å². The van der Waals surface area contributed by atoms with Crippen LogP contribution in [0.4, 0.5) is 0 Å². The van der Waals surface area contributed by atoms with Crippen molar-refractivity contribution in [2.24, 2.45) is 0 Å². The highest BCUT2D eigenvalue weighted by atomic mass is 32.2. The van der Waals surface area contributed by atoms with Gasteiger partial charge in [-0.1, -0.05) is 35.3 Å². The molecule has 7 heteroatoms. The fraction of sp³-hybridized carbons (Fsp3) is 0.158. The van der Waals surface area contributed by atoms with Gasteiger partial charge in [0.15, 0.2) is 5.76 Å². The van der Waals surface area contributed by atoms with Crippen LogP contribution in [0.2, 0.25) is 0 Å². The molecule has 0 radical (unpaired) electrons. The summed E-state index contributed by atoms with van der Waals surface area (Å²) in [7, 11) is -3.76. The molecule has 0 aliphatic heterocycles.